The maximum atomic E-state index is 12.3. The molecular formula is C17H12N4O4S4. The number of hydrogen-bond acceptors (Lipinski definition) is 8. The van der Waals surface area contributed by atoms with Gasteiger partial charge in [-0.2, -0.15) is 0 Å². The summed E-state index contributed by atoms with van der Waals surface area (Å²) in [7, 11) is 0. The molecule has 0 aliphatic carbocycles. The van der Waals surface area contributed by atoms with Crippen LogP contribution in [0.3, 0.4) is 0 Å². The van der Waals surface area contributed by atoms with E-state index in [1.54, 1.807) is 35.7 Å². The van der Waals surface area contributed by atoms with E-state index in [9.17, 15) is 14.4 Å². The lowest BCUT2D eigenvalue weighted by atomic mass is 10.2. The number of hydrogen-bond donors (Lipinski definition) is 3. The molecule has 0 atom stereocenters. The van der Waals surface area contributed by atoms with Gasteiger partial charge >= 0.3 is 5.97 Å². The predicted octanol–water partition coefficient (Wildman–Crippen LogP) is 2.56. The molecule has 0 unspecified atom stereocenters. The molecule has 2 aromatic rings. The van der Waals surface area contributed by atoms with Crippen molar-refractivity contribution < 1.29 is 19.5 Å². The first kappa shape index (κ1) is 21.0. The first-order valence-electron chi connectivity index (χ1n) is 7.93. The monoisotopic (exact) mass is 464 g/mol. The largest absolute Gasteiger partial charge is 0.480 e. The van der Waals surface area contributed by atoms with Crippen LogP contribution in [0.4, 0.5) is 5.13 Å². The number of thiocarbonyl (C=S) groups is 2. The van der Waals surface area contributed by atoms with Crippen LogP contribution in [0.15, 0.2) is 40.6 Å². The molecule has 1 fully saturated rings. The maximum Gasteiger partial charge on any atom is 0.323 e. The molecule has 1 aliphatic heterocycles. The van der Waals surface area contributed by atoms with Crippen molar-refractivity contribution in [2.45, 2.75) is 0 Å². The first-order chi connectivity index (χ1) is 13.8. The quantitative estimate of drug-likeness (QED) is 0.454. The van der Waals surface area contributed by atoms with Crippen LogP contribution in [0.5, 0.6) is 0 Å². The van der Waals surface area contributed by atoms with E-state index in [4.69, 9.17) is 29.5 Å². The molecule has 12 heteroatoms. The third kappa shape index (κ3) is 5.44. The van der Waals surface area contributed by atoms with E-state index < -0.39 is 18.4 Å². The van der Waals surface area contributed by atoms with Gasteiger partial charge in [-0.15, -0.1) is 11.3 Å². The van der Waals surface area contributed by atoms with E-state index in [2.05, 4.69) is 15.6 Å². The molecule has 3 N–H and O–H groups in total. The minimum absolute atomic E-state index is 0.0903. The number of aliphatic carboxylic acids is 1. The highest BCUT2D eigenvalue weighted by Gasteiger charge is 2.33. The van der Waals surface area contributed by atoms with Crippen molar-refractivity contribution in [3.63, 3.8) is 0 Å². The Morgan fingerprint density at radius 1 is 1.28 bits per heavy atom. The van der Waals surface area contributed by atoms with Gasteiger partial charge < -0.3 is 10.4 Å². The van der Waals surface area contributed by atoms with Gasteiger partial charge in [0.1, 0.15) is 10.9 Å². The van der Waals surface area contributed by atoms with Gasteiger partial charge in [-0.25, -0.2) is 4.98 Å². The summed E-state index contributed by atoms with van der Waals surface area (Å²) in [5.74, 6) is -1.97. The number of carbonyl (C=O) groups is 3. The van der Waals surface area contributed by atoms with Gasteiger partial charge in [0.15, 0.2) is 10.2 Å². The fourth-order valence-corrected chi connectivity index (χ4v) is 4.37. The molecular weight excluding hydrogens is 452 g/mol. The second kappa shape index (κ2) is 9.22. The van der Waals surface area contributed by atoms with E-state index in [1.165, 1.54) is 17.4 Å². The SMILES string of the molecule is O=C(O)CN1C(=O)/C(=C/c2csc(NC(=S)NC(=O)c3ccccc3)n2)SC1=S. The average Bonchev–Trinajstić information content (AvgIpc) is 3.21. The topological polar surface area (TPSA) is 112 Å². The van der Waals surface area contributed by atoms with Crippen LogP contribution in [-0.4, -0.2) is 48.8 Å². The highest BCUT2D eigenvalue weighted by Crippen LogP contribution is 2.32. The van der Waals surface area contributed by atoms with Gasteiger partial charge in [0.05, 0.1) is 10.6 Å². The number of benzene rings is 1. The second-order valence-corrected chi connectivity index (χ2v) is 8.46. The minimum atomic E-state index is -1.14. The number of nitrogens with zero attached hydrogens (tertiary/aromatic N) is 2. The molecule has 0 saturated carbocycles. The lowest BCUT2D eigenvalue weighted by Gasteiger charge is -2.09. The van der Waals surface area contributed by atoms with Gasteiger partial charge in [-0.3, -0.25) is 24.6 Å². The zero-order chi connectivity index (χ0) is 21.0. The number of carboxylic acids is 1. The number of carbonyl (C=O) groups excluding carboxylic acids is 2. The normalized spacial score (nSPS) is 14.9. The minimum Gasteiger partial charge on any atom is -0.480 e. The first-order valence-corrected chi connectivity index (χ1v) is 10.4. The Balaban J connectivity index is 1.62. The van der Waals surface area contributed by atoms with Crippen LogP contribution < -0.4 is 10.6 Å². The molecule has 1 aromatic carbocycles. The van der Waals surface area contributed by atoms with Crippen molar-refractivity contribution in [3.05, 3.63) is 51.9 Å². The van der Waals surface area contributed by atoms with Crippen molar-refractivity contribution >= 4 is 86.0 Å². The molecule has 3 rings (SSSR count). The number of aromatic nitrogens is 1. The molecule has 1 saturated heterocycles. The zero-order valence-corrected chi connectivity index (χ0v) is 17.7. The third-order valence-electron chi connectivity index (χ3n) is 3.45. The van der Waals surface area contributed by atoms with E-state index in [0.717, 1.165) is 16.7 Å². The number of thiazole rings is 1. The number of amides is 2. The van der Waals surface area contributed by atoms with Crippen LogP contribution in [-0.2, 0) is 9.59 Å². The molecule has 1 aliphatic rings. The molecule has 2 amide bonds. The second-order valence-electron chi connectivity index (χ2n) is 5.51. The van der Waals surface area contributed by atoms with E-state index in [0.29, 0.717) is 16.4 Å². The van der Waals surface area contributed by atoms with Crippen molar-refractivity contribution in [3.8, 4) is 0 Å². The van der Waals surface area contributed by atoms with Gasteiger partial charge in [-0.05, 0) is 30.4 Å². The summed E-state index contributed by atoms with van der Waals surface area (Å²) in [4.78, 5) is 40.8. The zero-order valence-electron chi connectivity index (χ0n) is 14.4. The molecule has 0 spiro atoms. The van der Waals surface area contributed by atoms with Crippen LogP contribution in [0.2, 0.25) is 0 Å². The Kier molecular flexibility index (Phi) is 6.69. The summed E-state index contributed by atoms with van der Waals surface area (Å²) in [6, 6.07) is 8.63. The molecule has 2 heterocycles. The average molecular weight is 465 g/mol. The van der Waals surface area contributed by atoms with Crippen molar-refractivity contribution in [1.29, 1.82) is 0 Å². The van der Waals surface area contributed by atoms with Crippen molar-refractivity contribution in [2.24, 2.45) is 0 Å². The number of nitrogens with one attached hydrogen (secondary N) is 2. The van der Waals surface area contributed by atoms with E-state index in [1.807, 2.05) is 0 Å². The summed E-state index contributed by atoms with van der Waals surface area (Å²) >= 11 is 12.4. The lowest BCUT2D eigenvalue weighted by Crippen LogP contribution is -2.34. The summed E-state index contributed by atoms with van der Waals surface area (Å²) < 4.78 is 0.182. The Morgan fingerprint density at radius 3 is 2.69 bits per heavy atom. The third-order valence-corrected chi connectivity index (χ3v) is 5.81. The number of anilines is 1. The molecule has 148 valence electrons. The highest BCUT2D eigenvalue weighted by molar-refractivity contribution is 8.26. The maximum absolute atomic E-state index is 12.3. The van der Waals surface area contributed by atoms with Crippen LogP contribution in [0, 0.1) is 0 Å². The van der Waals surface area contributed by atoms with E-state index in [-0.39, 0.29) is 20.2 Å². The Bertz CT molecular complexity index is 1040. The van der Waals surface area contributed by atoms with E-state index >= 15 is 0 Å². The predicted molar refractivity (Wildman–Crippen MR) is 120 cm³/mol. The Hall–Kier alpha value is -2.67. The summed E-state index contributed by atoms with van der Waals surface area (Å²) in [5.41, 5.74) is 0.949. The highest BCUT2D eigenvalue weighted by atomic mass is 32.2. The number of carboxylic acid groups (broad SMARTS) is 1. The van der Waals surface area contributed by atoms with Crippen LogP contribution in [0.25, 0.3) is 6.08 Å². The van der Waals surface area contributed by atoms with Crippen molar-refractivity contribution in [1.82, 2.24) is 15.2 Å². The lowest BCUT2D eigenvalue weighted by molar-refractivity contribution is -0.140. The van der Waals surface area contributed by atoms with Gasteiger partial charge in [0.25, 0.3) is 11.8 Å². The smallest absolute Gasteiger partial charge is 0.323 e. The van der Waals surface area contributed by atoms with Crippen molar-refractivity contribution in [2.75, 3.05) is 11.9 Å². The number of thioether (sulfide) groups is 1. The molecule has 1 aromatic heterocycles. The Labute approximate surface area is 184 Å². The molecule has 29 heavy (non-hydrogen) atoms. The van der Waals surface area contributed by atoms with Crippen LogP contribution in [0.1, 0.15) is 16.1 Å². The van der Waals surface area contributed by atoms with Gasteiger partial charge in [-0.1, -0.05) is 42.2 Å². The summed E-state index contributed by atoms with van der Waals surface area (Å²) in [6.07, 6.45) is 1.52. The summed E-state index contributed by atoms with van der Waals surface area (Å²) in [5, 5.41) is 16.4. The van der Waals surface area contributed by atoms with Crippen LogP contribution >= 0.6 is 47.5 Å². The fraction of sp³-hybridized carbons (Fsp3) is 0.0588. The fourth-order valence-electron chi connectivity index (χ4n) is 2.21. The molecule has 8 nitrogen and oxygen atoms in total. The van der Waals surface area contributed by atoms with Gasteiger partial charge in [0, 0.05) is 10.9 Å². The Morgan fingerprint density at radius 2 is 2.00 bits per heavy atom. The standard InChI is InChI=1S/C17H12N4O4S4/c22-12(23)7-21-14(25)11(29-17(21)27)6-10-8-28-16(18-10)20-15(26)19-13(24)9-4-2-1-3-5-9/h1-6,8H,7H2,(H,22,23)(H2,18,19,20,24,26)/b11-6-. The van der Waals surface area contributed by atoms with Gasteiger partial charge in [0.2, 0.25) is 0 Å². The number of rotatable bonds is 5. The molecule has 0 radical (unpaired) electrons. The summed E-state index contributed by atoms with van der Waals surface area (Å²) in [6.45, 7) is -0.485. The molecule has 0 bridgehead atoms.